The summed E-state index contributed by atoms with van der Waals surface area (Å²) >= 11 is 2.21. The molecule has 2 N–H and O–H groups in total. The SMILES string of the molecule is CC(C)S(=O)(=O)Cc1ccc(CC(CI)NCC(O)c2cccc(C(F)(F)F)c2)cc1. The van der Waals surface area contributed by atoms with Crippen molar-refractivity contribution >= 4 is 32.4 Å². The molecular weight excluding hydrogens is 542 g/mol. The smallest absolute Gasteiger partial charge is 0.387 e. The summed E-state index contributed by atoms with van der Waals surface area (Å²) in [4.78, 5) is 0. The average molecular weight is 569 g/mol. The van der Waals surface area contributed by atoms with E-state index in [1.165, 1.54) is 12.1 Å². The van der Waals surface area contributed by atoms with Crippen LogP contribution in [0.3, 0.4) is 0 Å². The van der Waals surface area contributed by atoms with Crippen molar-refractivity contribution in [3.63, 3.8) is 0 Å². The molecule has 2 unspecified atom stereocenters. The first-order chi connectivity index (χ1) is 14.4. The molecule has 0 saturated carbocycles. The van der Waals surface area contributed by atoms with E-state index in [1.807, 2.05) is 12.1 Å². The van der Waals surface area contributed by atoms with E-state index in [4.69, 9.17) is 0 Å². The largest absolute Gasteiger partial charge is 0.416 e. The zero-order valence-electron chi connectivity index (χ0n) is 17.4. The lowest BCUT2D eigenvalue weighted by Gasteiger charge is -2.20. The highest BCUT2D eigenvalue weighted by molar-refractivity contribution is 14.1. The van der Waals surface area contributed by atoms with Gasteiger partial charge in [0.05, 0.1) is 22.7 Å². The Hall–Kier alpha value is -1.17. The lowest BCUT2D eigenvalue weighted by atomic mass is 10.0. The second-order valence-corrected chi connectivity index (χ2v) is 11.2. The molecule has 0 amide bonds. The highest BCUT2D eigenvalue weighted by atomic mass is 127. The topological polar surface area (TPSA) is 66.4 Å². The second kappa shape index (κ2) is 11.1. The van der Waals surface area contributed by atoms with E-state index in [-0.39, 0.29) is 23.9 Å². The molecule has 4 nitrogen and oxygen atoms in total. The van der Waals surface area contributed by atoms with Crippen LogP contribution in [-0.2, 0) is 28.2 Å². The first kappa shape index (κ1) is 26.1. The monoisotopic (exact) mass is 569 g/mol. The van der Waals surface area contributed by atoms with Gasteiger partial charge in [-0.3, -0.25) is 0 Å². The minimum Gasteiger partial charge on any atom is -0.387 e. The van der Waals surface area contributed by atoms with Crippen LogP contribution in [0, 0.1) is 0 Å². The van der Waals surface area contributed by atoms with E-state index in [1.54, 1.807) is 26.0 Å². The number of sulfone groups is 1. The molecule has 2 atom stereocenters. The molecule has 0 fully saturated rings. The van der Waals surface area contributed by atoms with Crippen molar-refractivity contribution in [2.45, 2.75) is 49.6 Å². The Bertz CT molecular complexity index is 947. The van der Waals surface area contributed by atoms with Crippen molar-refractivity contribution in [1.82, 2.24) is 5.32 Å². The van der Waals surface area contributed by atoms with E-state index in [0.717, 1.165) is 27.7 Å². The van der Waals surface area contributed by atoms with Gasteiger partial charge < -0.3 is 10.4 Å². The van der Waals surface area contributed by atoms with Gasteiger partial charge >= 0.3 is 6.18 Å². The average Bonchev–Trinajstić information content (AvgIpc) is 2.71. The molecule has 0 aliphatic rings. The van der Waals surface area contributed by atoms with Gasteiger partial charge in [0, 0.05) is 17.0 Å². The summed E-state index contributed by atoms with van der Waals surface area (Å²) in [7, 11) is -3.16. The molecule has 0 aliphatic heterocycles. The molecule has 0 aromatic heterocycles. The van der Waals surface area contributed by atoms with Gasteiger partial charge in [0.1, 0.15) is 0 Å². The maximum Gasteiger partial charge on any atom is 0.416 e. The maximum atomic E-state index is 12.9. The Morgan fingerprint density at radius 3 is 2.23 bits per heavy atom. The molecule has 0 spiro atoms. The first-order valence-corrected chi connectivity index (χ1v) is 13.1. The summed E-state index contributed by atoms with van der Waals surface area (Å²) in [6.45, 7) is 3.45. The van der Waals surface area contributed by atoms with E-state index in [0.29, 0.717) is 6.42 Å². The van der Waals surface area contributed by atoms with Gasteiger partial charge in [-0.05, 0) is 49.1 Å². The molecule has 0 saturated heterocycles. The molecule has 0 heterocycles. The summed E-state index contributed by atoms with van der Waals surface area (Å²) < 4.78 is 63.4. The van der Waals surface area contributed by atoms with Gasteiger partial charge in [-0.25, -0.2) is 8.42 Å². The van der Waals surface area contributed by atoms with Crippen LogP contribution in [0.4, 0.5) is 13.2 Å². The number of alkyl halides is 4. The molecule has 0 radical (unpaired) electrons. The number of nitrogens with one attached hydrogen (secondary N) is 1. The summed E-state index contributed by atoms with van der Waals surface area (Å²) in [6, 6.07) is 12.1. The minimum atomic E-state index is -4.45. The quantitative estimate of drug-likeness (QED) is 0.322. The van der Waals surface area contributed by atoms with Crippen molar-refractivity contribution in [2.75, 3.05) is 11.0 Å². The van der Waals surface area contributed by atoms with Crippen LogP contribution in [0.25, 0.3) is 0 Å². The van der Waals surface area contributed by atoms with Crippen LogP contribution in [0.5, 0.6) is 0 Å². The highest BCUT2D eigenvalue weighted by Gasteiger charge is 2.30. The zero-order valence-corrected chi connectivity index (χ0v) is 20.3. The lowest BCUT2D eigenvalue weighted by molar-refractivity contribution is -0.137. The highest BCUT2D eigenvalue weighted by Crippen LogP contribution is 2.30. The van der Waals surface area contributed by atoms with Crippen molar-refractivity contribution in [2.24, 2.45) is 0 Å². The van der Waals surface area contributed by atoms with Crippen LogP contribution in [0.2, 0.25) is 0 Å². The van der Waals surface area contributed by atoms with E-state index in [9.17, 15) is 26.7 Å². The van der Waals surface area contributed by atoms with Crippen LogP contribution in [0.15, 0.2) is 48.5 Å². The van der Waals surface area contributed by atoms with Gasteiger partial charge in [-0.2, -0.15) is 13.2 Å². The Labute approximate surface area is 195 Å². The standard InChI is InChI=1S/C22H27F3INO3S/c1-15(2)31(29,30)14-17-8-6-16(7-9-17)10-20(12-26)27-13-21(28)18-4-3-5-19(11-18)22(23,24)25/h3-9,11,15,20-21,27-28H,10,12-14H2,1-2H3. The van der Waals surface area contributed by atoms with Crippen LogP contribution >= 0.6 is 22.6 Å². The molecule has 0 bridgehead atoms. The summed E-state index contributed by atoms with van der Waals surface area (Å²) in [5.74, 6) is 0.00208. The number of rotatable bonds is 10. The number of benzene rings is 2. The molecule has 2 aromatic rings. The van der Waals surface area contributed by atoms with Crippen LogP contribution in [0.1, 0.15) is 42.2 Å². The number of hydrogen-bond donors (Lipinski definition) is 2. The Morgan fingerprint density at radius 2 is 1.68 bits per heavy atom. The van der Waals surface area contributed by atoms with Crippen molar-refractivity contribution < 1.29 is 26.7 Å². The molecular formula is C22H27F3INO3S. The molecule has 2 aromatic carbocycles. The van der Waals surface area contributed by atoms with Gasteiger partial charge in [0.15, 0.2) is 9.84 Å². The third-order valence-electron chi connectivity index (χ3n) is 4.98. The summed E-state index contributed by atoms with van der Waals surface area (Å²) in [5, 5.41) is 13.1. The Balaban J connectivity index is 1.95. The predicted molar refractivity (Wildman–Crippen MR) is 125 cm³/mol. The van der Waals surface area contributed by atoms with Crippen molar-refractivity contribution in [3.05, 3.63) is 70.8 Å². The third-order valence-corrected chi connectivity index (χ3v) is 8.21. The number of hydrogen-bond acceptors (Lipinski definition) is 4. The van der Waals surface area contributed by atoms with E-state index in [2.05, 4.69) is 27.9 Å². The zero-order chi connectivity index (χ0) is 23.2. The fourth-order valence-electron chi connectivity index (χ4n) is 2.95. The fourth-order valence-corrected chi connectivity index (χ4v) is 4.57. The van der Waals surface area contributed by atoms with Gasteiger partial charge in [-0.1, -0.05) is 59.0 Å². The van der Waals surface area contributed by atoms with E-state index >= 15 is 0 Å². The second-order valence-electron chi connectivity index (χ2n) is 7.78. The molecule has 9 heteroatoms. The number of halogens is 4. The first-order valence-electron chi connectivity index (χ1n) is 9.86. The molecule has 31 heavy (non-hydrogen) atoms. The third kappa shape index (κ3) is 8.03. The van der Waals surface area contributed by atoms with Gasteiger partial charge in [-0.15, -0.1) is 0 Å². The Morgan fingerprint density at radius 1 is 1.06 bits per heavy atom. The van der Waals surface area contributed by atoms with Gasteiger partial charge in [0.2, 0.25) is 0 Å². The van der Waals surface area contributed by atoms with E-state index < -0.39 is 32.9 Å². The van der Waals surface area contributed by atoms with Crippen molar-refractivity contribution in [3.8, 4) is 0 Å². The minimum absolute atomic E-state index is 0.00208. The molecule has 2 rings (SSSR count). The summed E-state index contributed by atoms with van der Waals surface area (Å²) in [5.41, 5.74) is 1.17. The van der Waals surface area contributed by atoms with Gasteiger partial charge in [0.25, 0.3) is 0 Å². The maximum absolute atomic E-state index is 12.9. The molecule has 172 valence electrons. The normalized spacial score (nSPS) is 14.6. The predicted octanol–water partition coefficient (Wildman–Crippen LogP) is 4.70. The van der Waals surface area contributed by atoms with Crippen LogP contribution in [-0.4, -0.2) is 35.8 Å². The number of aliphatic hydroxyl groups is 1. The summed E-state index contributed by atoms with van der Waals surface area (Å²) in [6.07, 6.45) is -4.86. The Kier molecular flexibility index (Phi) is 9.35. The lowest BCUT2D eigenvalue weighted by Crippen LogP contribution is -2.35. The fraction of sp³-hybridized carbons (Fsp3) is 0.455. The number of aliphatic hydroxyl groups excluding tert-OH is 1. The molecule has 0 aliphatic carbocycles. The van der Waals surface area contributed by atoms with Crippen molar-refractivity contribution in [1.29, 1.82) is 0 Å². The van der Waals surface area contributed by atoms with Crippen LogP contribution < -0.4 is 5.32 Å².